The minimum Gasteiger partial charge on any atom is -0.341 e. The fourth-order valence-electron chi connectivity index (χ4n) is 11.5. The van der Waals surface area contributed by atoms with Crippen molar-refractivity contribution in [1.82, 2.24) is 28.0 Å². The lowest BCUT2D eigenvalue weighted by Crippen LogP contribution is -2.69. The minimum atomic E-state index is -3.24. The monoisotopic (exact) mass is 860 g/mol. The van der Waals surface area contributed by atoms with Gasteiger partial charge in [0.15, 0.2) is 17.5 Å². The third kappa shape index (κ3) is 4.92. The van der Waals surface area contributed by atoms with Gasteiger partial charge in [-0.25, -0.2) is 15.0 Å². The van der Waals surface area contributed by atoms with Gasteiger partial charge in [-0.05, 0) is 71.7 Å². The summed E-state index contributed by atoms with van der Waals surface area (Å²) in [5.74, 6) is 1.96. The summed E-state index contributed by atoms with van der Waals surface area (Å²) >= 11 is 0. The van der Waals surface area contributed by atoms with Crippen LogP contribution in [0.4, 0.5) is 0 Å². The SMILES string of the molecule is Cc1cc(-c2nc(-c3ccccc3)nc(-c3ccccc3)n2)cc(C)c1-n1c2ccc3c4ccccc4n4c3c2c2c1ccc1c3ccccc3n(c12)[Si]4(c1ccccc1)c1ccccc1. The molecule has 0 spiro atoms. The summed E-state index contributed by atoms with van der Waals surface area (Å²) < 4.78 is 8.18. The van der Waals surface area contributed by atoms with Gasteiger partial charge in [-0.2, -0.15) is 0 Å². The van der Waals surface area contributed by atoms with E-state index >= 15 is 0 Å². The number of nitrogens with zero attached hydrogens (tertiary/aromatic N) is 6. The van der Waals surface area contributed by atoms with Crippen LogP contribution < -0.4 is 10.4 Å². The maximum Gasteiger partial charge on any atom is 0.340 e. The van der Waals surface area contributed by atoms with Crippen molar-refractivity contribution >= 4 is 84.2 Å². The van der Waals surface area contributed by atoms with E-state index in [4.69, 9.17) is 15.0 Å². The highest BCUT2D eigenvalue weighted by Crippen LogP contribution is 2.49. The molecule has 0 fully saturated rings. The van der Waals surface area contributed by atoms with Crippen LogP contribution >= 0.6 is 0 Å². The first-order valence-electron chi connectivity index (χ1n) is 22.6. The molecule has 13 aromatic rings. The van der Waals surface area contributed by atoms with E-state index in [9.17, 15) is 0 Å². The normalized spacial score (nSPS) is 13.1. The summed E-state index contributed by atoms with van der Waals surface area (Å²) in [6, 6.07) is 75.3. The van der Waals surface area contributed by atoms with Crippen molar-refractivity contribution in [3.63, 3.8) is 0 Å². The summed E-state index contributed by atoms with van der Waals surface area (Å²) in [6.07, 6.45) is 0. The fraction of sp³-hybridized carbons (Fsp3) is 0.0339. The lowest BCUT2D eigenvalue weighted by atomic mass is 10.0. The van der Waals surface area contributed by atoms with Gasteiger partial charge in [0.05, 0.1) is 27.8 Å². The molecule has 5 heterocycles. The van der Waals surface area contributed by atoms with Crippen molar-refractivity contribution in [2.45, 2.75) is 13.8 Å². The van der Waals surface area contributed by atoms with Crippen LogP contribution in [0.5, 0.6) is 0 Å². The molecule has 0 saturated heterocycles. The van der Waals surface area contributed by atoms with E-state index in [1.54, 1.807) is 0 Å². The Labute approximate surface area is 381 Å². The minimum absolute atomic E-state index is 0.651. The van der Waals surface area contributed by atoms with Gasteiger partial charge in [0.1, 0.15) is 0 Å². The summed E-state index contributed by atoms with van der Waals surface area (Å²) in [5.41, 5.74) is 13.8. The van der Waals surface area contributed by atoms with Gasteiger partial charge in [-0.3, -0.25) is 0 Å². The summed E-state index contributed by atoms with van der Waals surface area (Å²) in [4.78, 5) is 15.2. The Kier molecular flexibility index (Phi) is 7.74. The molecule has 0 amide bonds. The lowest BCUT2D eigenvalue weighted by molar-refractivity contribution is 1.07. The van der Waals surface area contributed by atoms with Crippen molar-refractivity contribution in [2.75, 3.05) is 0 Å². The van der Waals surface area contributed by atoms with Gasteiger partial charge in [0.2, 0.25) is 0 Å². The van der Waals surface area contributed by atoms with Crippen LogP contribution in [0.3, 0.4) is 0 Å². The molecule has 0 N–H and O–H groups in total. The van der Waals surface area contributed by atoms with E-state index in [1.165, 1.54) is 81.5 Å². The molecule has 6 nitrogen and oxygen atoms in total. The van der Waals surface area contributed by atoms with E-state index in [0.717, 1.165) is 27.8 Å². The number of aromatic nitrogens is 6. The molecule has 0 atom stereocenters. The second-order valence-corrected chi connectivity index (χ2v) is 21.0. The molecule has 0 saturated carbocycles. The number of rotatable bonds is 6. The van der Waals surface area contributed by atoms with Crippen molar-refractivity contribution < 1.29 is 0 Å². The molecule has 0 aliphatic carbocycles. The maximum absolute atomic E-state index is 5.13. The summed E-state index contributed by atoms with van der Waals surface area (Å²) in [7, 11) is -3.24. The first-order chi connectivity index (χ1) is 32.6. The Bertz CT molecular complexity index is 3860. The van der Waals surface area contributed by atoms with Gasteiger partial charge in [0, 0.05) is 60.0 Å². The second-order valence-electron chi connectivity index (χ2n) is 17.7. The Hall–Kier alpha value is -8.39. The third-order valence-electron chi connectivity index (χ3n) is 14.0. The third-order valence-corrected chi connectivity index (χ3v) is 18.5. The van der Waals surface area contributed by atoms with Crippen LogP contribution in [0.15, 0.2) is 206 Å². The van der Waals surface area contributed by atoms with Crippen LogP contribution in [0.1, 0.15) is 11.1 Å². The average molecular weight is 861 g/mol. The van der Waals surface area contributed by atoms with E-state index in [2.05, 4.69) is 197 Å². The maximum atomic E-state index is 5.13. The topological polar surface area (TPSA) is 53.5 Å². The number of aryl methyl sites for hydroxylation is 2. The van der Waals surface area contributed by atoms with Crippen LogP contribution in [0.25, 0.3) is 105 Å². The van der Waals surface area contributed by atoms with Crippen LogP contribution in [-0.2, 0) is 0 Å². The number of para-hydroxylation sites is 2. The molecule has 1 aliphatic rings. The van der Waals surface area contributed by atoms with Crippen molar-refractivity contribution in [3.8, 4) is 39.9 Å². The molecule has 1 aliphatic heterocycles. The van der Waals surface area contributed by atoms with E-state index in [1.807, 2.05) is 36.4 Å². The highest BCUT2D eigenvalue weighted by Gasteiger charge is 2.49. The van der Waals surface area contributed by atoms with Crippen LogP contribution in [0, 0.1) is 13.8 Å². The van der Waals surface area contributed by atoms with Gasteiger partial charge < -0.3 is 13.0 Å². The van der Waals surface area contributed by atoms with Gasteiger partial charge in [-0.15, -0.1) is 0 Å². The number of hydrogen-bond donors (Lipinski definition) is 0. The van der Waals surface area contributed by atoms with E-state index in [-0.39, 0.29) is 0 Å². The Morgan fingerprint density at radius 1 is 0.348 bits per heavy atom. The Morgan fingerprint density at radius 3 is 1.17 bits per heavy atom. The molecule has 310 valence electrons. The number of benzene rings is 9. The Morgan fingerprint density at radius 2 is 0.727 bits per heavy atom. The first kappa shape index (κ1) is 37.0. The van der Waals surface area contributed by atoms with Crippen molar-refractivity contribution in [2.24, 2.45) is 0 Å². The number of hydrogen-bond acceptors (Lipinski definition) is 3. The molecule has 4 aromatic heterocycles. The van der Waals surface area contributed by atoms with Gasteiger partial charge in [-0.1, -0.05) is 170 Å². The molecule has 7 heteroatoms. The predicted molar refractivity (Wildman–Crippen MR) is 275 cm³/mol. The highest BCUT2D eigenvalue weighted by molar-refractivity contribution is 7.02. The average Bonchev–Trinajstić information content (AvgIpc) is 3.99. The molecule has 9 aromatic carbocycles. The first-order valence-corrected chi connectivity index (χ1v) is 24.5. The lowest BCUT2D eigenvalue weighted by Gasteiger charge is -2.37. The smallest absolute Gasteiger partial charge is 0.340 e. The number of fused-ring (bicyclic) bond motifs is 6. The largest absolute Gasteiger partial charge is 0.341 e. The molecule has 14 rings (SSSR count). The second kappa shape index (κ2) is 13.8. The fourth-order valence-corrected chi connectivity index (χ4v) is 16.6. The van der Waals surface area contributed by atoms with Gasteiger partial charge >= 0.3 is 8.40 Å². The molecular weight excluding hydrogens is 821 g/mol. The quantitative estimate of drug-likeness (QED) is 0.157. The van der Waals surface area contributed by atoms with E-state index in [0.29, 0.717) is 17.5 Å². The molecule has 0 unspecified atom stereocenters. The van der Waals surface area contributed by atoms with Crippen molar-refractivity contribution in [3.05, 3.63) is 217 Å². The summed E-state index contributed by atoms with van der Waals surface area (Å²) in [5, 5.41) is 10.3. The molecule has 0 bridgehead atoms. The zero-order valence-corrected chi connectivity index (χ0v) is 37.3. The molecule has 66 heavy (non-hydrogen) atoms. The predicted octanol–water partition coefficient (Wildman–Crippen LogP) is 12.8. The van der Waals surface area contributed by atoms with Crippen molar-refractivity contribution in [1.29, 1.82) is 0 Å². The zero-order chi connectivity index (χ0) is 43.7. The molecule has 0 radical (unpaired) electrons. The van der Waals surface area contributed by atoms with Gasteiger partial charge in [0.25, 0.3) is 0 Å². The standard InChI is InChI=1S/C59H40N6Si/c1-37-35-41(59-61-57(39-19-7-3-8-20-39)60-58(62-59)40-21-9-4-10-22-40)36-38(2)54(37)63-50-33-31-46-44-27-15-17-29-48(44)64-55(46)52(50)53-51(63)34-32-47-45-28-16-18-30-49(45)65(56(47)53)66(64,42-23-11-5-12-24-42)43-25-13-6-14-26-43/h3-36H,1-2H3. The molecular formula is C59H40N6Si. The highest BCUT2D eigenvalue weighted by atomic mass is 28.3. The van der Waals surface area contributed by atoms with E-state index < -0.39 is 8.40 Å². The Balaban J connectivity index is 1.12. The van der Waals surface area contributed by atoms with Crippen LogP contribution in [0.2, 0.25) is 0 Å². The van der Waals surface area contributed by atoms with Crippen LogP contribution in [-0.4, -0.2) is 36.4 Å². The summed E-state index contributed by atoms with van der Waals surface area (Å²) in [6.45, 7) is 4.47. The zero-order valence-electron chi connectivity index (χ0n) is 36.3.